The molecular weight excluding hydrogens is 554 g/mol. The Morgan fingerprint density at radius 3 is 2.14 bits per heavy atom. The molecule has 0 radical (unpaired) electrons. The Bertz CT molecular complexity index is 1430. The zero-order chi connectivity index (χ0) is 26.3. The number of rotatable bonds is 10. The fraction of sp³-hybridized carbons (Fsp3) is 0.143. The molecule has 0 spiro atoms. The summed E-state index contributed by atoms with van der Waals surface area (Å²) in [5.41, 5.74) is 3.15. The van der Waals surface area contributed by atoms with Crippen molar-refractivity contribution in [2.45, 2.75) is 18.2 Å². The number of hydrogen-bond donors (Lipinski definition) is 1. The molecule has 7 nitrogen and oxygen atoms in total. The second kappa shape index (κ2) is 12.0. The van der Waals surface area contributed by atoms with E-state index in [9.17, 15) is 13.2 Å². The van der Waals surface area contributed by atoms with E-state index in [1.807, 2.05) is 31.2 Å². The van der Waals surface area contributed by atoms with Crippen LogP contribution in [0, 0.1) is 0 Å². The monoisotopic (exact) mass is 579 g/mol. The molecule has 4 aromatic rings. The topological polar surface area (TPSA) is 88.6 Å². The number of amides is 1. The highest BCUT2D eigenvalue weighted by Crippen LogP contribution is 2.27. The van der Waals surface area contributed by atoms with Gasteiger partial charge in [-0.05, 0) is 97.3 Å². The number of ether oxygens (including phenoxy) is 1. The van der Waals surface area contributed by atoms with E-state index in [0.717, 1.165) is 26.3 Å². The van der Waals surface area contributed by atoms with Gasteiger partial charge in [0.1, 0.15) is 12.3 Å². The highest BCUT2D eigenvalue weighted by atomic mass is 79.9. The zero-order valence-corrected chi connectivity index (χ0v) is 22.6. The third-order valence-electron chi connectivity index (χ3n) is 5.52. The average molecular weight is 581 g/mol. The molecule has 0 unspecified atom stereocenters. The number of aromatic nitrogens is 1. The Kier molecular flexibility index (Phi) is 8.58. The third-order valence-corrected chi connectivity index (χ3v) is 7.84. The normalized spacial score (nSPS) is 11.1. The second-order valence-electron chi connectivity index (χ2n) is 8.17. The van der Waals surface area contributed by atoms with Gasteiger partial charge in [-0.25, -0.2) is 8.42 Å². The van der Waals surface area contributed by atoms with Gasteiger partial charge in [0.2, 0.25) is 5.91 Å². The van der Waals surface area contributed by atoms with Crippen LogP contribution in [0.15, 0.2) is 107 Å². The van der Waals surface area contributed by atoms with Crippen LogP contribution in [0.25, 0.3) is 0 Å². The Morgan fingerprint density at radius 2 is 1.51 bits per heavy atom. The van der Waals surface area contributed by atoms with Crippen molar-refractivity contribution in [3.8, 4) is 5.75 Å². The fourth-order valence-electron chi connectivity index (χ4n) is 3.70. The van der Waals surface area contributed by atoms with Crippen LogP contribution in [0.4, 0.5) is 11.4 Å². The maximum atomic E-state index is 13.6. The van der Waals surface area contributed by atoms with Crippen molar-refractivity contribution in [2.75, 3.05) is 22.8 Å². The SMILES string of the molecule is CCOc1ccc(N(CC(=O)Nc2ccc(Cc3ccncc3)cc2)S(=O)(=O)c2ccc(Br)cc2)cc1. The van der Waals surface area contributed by atoms with Crippen LogP contribution in [0.1, 0.15) is 18.1 Å². The van der Waals surface area contributed by atoms with Gasteiger partial charge in [0.25, 0.3) is 10.0 Å². The number of halogens is 1. The number of benzene rings is 3. The quantitative estimate of drug-likeness (QED) is 0.261. The predicted octanol–water partition coefficient (Wildman–Crippen LogP) is 5.67. The minimum Gasteiger partial charge on any atom is -0.494 e. The summed E-state index contributed by atoms with van der Waals surface area (Å²) >= 11 is 3.33. The molecule has 0 fully saturated rings. The molecule has 37 heavy (non-hydrogen) atoms. The third kappa shape index (κ3) is 6.96. The van der Waals surface area contributed by atoms with E-state index in [0.29, 0.717) is 23.7 Å². The number of anilines is 2. The first kappa shape index (κ1) is 26.4. The van der Waals surface area contributed by atoms with E-state index in [2.05, 4.69) is 26.2 Å². The van der Waals surface area contributed by atoms with Gasteiger partial charge in [-0.1, -0.05) is 28.1 Å². The molecule has 0 aliphatic carbocycles. The van der Waals surface area contributed by atoms with Crippen molar-refractivity contribution >= 4 is 43.2 Å². The largest absolute Gasteiger partial charge is 0.494 e. The van der Waals surface area contributed by atoms with E-state index < -0.39 is 22.5 Å². The van der Waals surface area contributed by atoms with Crippen molar-refractivity contribution in [2.24, 2.45) is 0 Å². The summed E-state index contributed by atoms with van der Waals surface area (Å²) in [7, 11) is -4.02. The lowest BCUT2D eigenvalue weighted by molar-refractivity contribution is -0.114. The van der Waals surface area contributed by atoms with Crippen molar-refractivity contribution < 1.29 is 17.9 Å². The van der Waals surface area contributed by atoms with E-state index >= 15 is 0 Å². The predicted molar refractivity (Wildman–Crippen MR) is 148 cm³/mol. The smallest absolute Gasteiger partial charge is 0.264 e. The molecule has 3 aromatic carbocycles. The zero-order valence-electron chi connectivity index (χ0n) is 20.2. The Morgan fingerprint density at radius 1 is 0.892 bits per heavy atom. The fourth-order valence-corrected chi connectivity index (χ4v) is 5.38. The second-order valence-corrected chi connectivity index (χ2v) is 10.9. The number of sulfonamides is 1. The van der Waals surface area contributed by atoms with Gasteiger partial charge >= 0.3 is 0 Å². The van der Waals surface area contributed by atoms with E-state index in [4.69, 9.17) is 4.74 Å². The maximum absolute atomic E-state index is 13.6. The molecule has 0 aliphatic rings. The number of hydrogen-bond acceptors (Lipinski definition) is 5. The van der Waals surface area contributed by atoms with Crippen LogP contribution in [0.5, 0.6) is 5.75 Å². The molecular formula is C28H26BrN3O4S. The first-order valence-electron chi connectivity index (χ1n) is 11.6. The van der Waals surface area contributed by atoms with Crippen LogP contribution in [0.3, 0.4) is 0 Å². The number of pyridine rings is 1. The summed E-state index contributed by atoms with van der Waals surface area (Å²) in [5.74, 6) is 0.153. The van der Waals surface area contributed by atoms with E-state index in [1.165, 1.54) is 12.1 Å². The summed E-state index contributed by atoms with van der Waals surface area (Å²) in [6.07, 6.45) is 4.25. The van der Waals surface area contributed by atoms with Gasteiger partial charge in [0.15, 0.2) is 0 Å². The minimum absolute atomic E-state index is 0.0813. The van der Waals surface area contributed by atoms with Gasteiger partial charge in [0.05, 0.1) is 17.2 Å². The van der Waals surface area contributed by atoms with Crippen LogP contribution in [-0.4, -0.2) is 32.5 Å². The highest BCUT2D eigenvalue weighted by molar-refractivity contribution is 9.10. The maximum Gasteiger partial charge on any atom is 0.264 e. The van der Waals surface area contributed by atoms with Crippen molar-refractivity contribution in [3.63, 3.8) is 0 Å². The summed E-state index contributed by atoms with van der Waals surface area (Å²) in [6.45, 7) is 1.96. The van der Waals surface area contributed by atoms with Crippen molar-refractivity contribution in [1.82, 2.24) is 4.98 Å². The standard InChI is InChI=1S/C28H26BrN3O4S/c1-2-36-26-11-9-25(10-12-26)32(37(34,35)27-13-5-23(29)6-14-27)20-28(33)31-24-7-3-21(4-8-24)19-22-15-17-30-18-16-22/h3-18H,2,19-20H2,1H3,(H,31,33). The van der Waals surface area contributed by atoms with Gasteiger partial charge in [0, 0.05) is 22.6 Å². The average Bonchev–Trinajstić information content (AvgIpc) is 2.90. The van der Waals surface area contributed by atoms with Gasteiger partial charge in [-0.15, -0.1) is 0 Å². The molecule has 4 rings (SSSR count). The summed E-state index contributed by atoms with van der Waals surface area (Å²) < 4.78 is 34.4. The van der Waals surface area contributed by atoms with E-state index in [-0.39, 0.29) is 4.90 Å². The Balaban J connectivity index is 1.53. The first-order chi connectivity index (χ1) is 17.8. The van der Waals surface area contributed by atoms with Gasteiger partial charge in [-0.3, -0.25) is 14.1 Å². The summed E-state index contributed by atoms with van der Waals surface area (Å²) in [5, 5.41) is 2.81. The Hall–Kier alpha value is -3.69. The number of carbonyl (C=O) groups excluding carboxylic acids is 1. The van der Waals surface area contributed by atoms with Crippen LogP contribution in [-0.2, 0) is 21.2 Å². The molecule has 1 heterocycles. The van der Waals surface area contributed by atoms with Gasteiger partial charge < -0.3 is 10.1 Å². The molecule has 1 amide bonds. The van der Waals surface area contributed by atoms with Crippen LogP contribution >= 0.6 is 15.9 Å². The number of nitrogens with zero attached hydrogens (tertiary/aromatic N) is 2. The molecule has 0 bridgehead atoms. The molecule has 0 saturated heterocycles. The van der Waals surface area contributed by atoms with Gasteiger partial charge in [-0.2, -0.15) is 0 Å². The molecule has 190 valence electrons. The van der Waals surface area contributed by atoms with Crippen molar-refractivity contribution in [3.05, 3.63) is 113 Å². The lowest BCUT2D eigenvalue weighted by atomic mass is 10.1. The number of nitrogens with one attached hydrogen (secondary N) is 1. The lowest BCUT2D eigenvalue weighted by Crippen LogP contribution is -2.38. The van der Waals surface area contributed by atoms with E-state index in [1.54, 1.807) is 60.9 Å². The Labute approximate surface area is 225 Å². The first-order valence-corrected chi connectivity index (χ1v) is 13.9. The van der Waals surface area contributed by atoms with Crippen LogP contribution in [0.2, 0.25) is 0 Å². The molecule has 0 saturated carbocycles. The summed E-state index contributed by atoms with van der Waals surface area (Å²) in [6, 6.07) is 24.3. The number of carbonyl (C=O) groups is 1. The molecule has 1 aromatic heterocycles. The van der Waals surface area contributed by atoms with Crippen molar-refractivity contribution in [1.29, 1.82) is 0 Å². The molecule has 0 atom stereocenters. The minimum atomic E-state index is -4.02. The molecule has 1 N–H and O–H groups in total. The van der Waals surface area contributed by atoms with Crippen LogP contribution < -0.4 is 14.4 Å². The molecule has 9 heteroatoms. The molecule has 0 aliphatic heterocycles. The summed E-state index contributed by atoms with van der Waals surface area (Å²) in [4.78, 5) is 17.1. The lowest BCUT2D eigenvalue weighted by Gasteiger charge is -2.24. The highest BCUT2D eigenvalue weighted by Gasteiger charge is 2.27.